The standard InChI is InChI=1S/C46H38S/c1-45(2)25-26-46(3,4)40-28-38(37(27-39(40)45)29-15-6-5-7-16-29)43-33-20-10-8-18-31(33)42(32-19-9-11-21-34(32)43)36-23-14-22-35-30-17-12-13-24-41(30)47-44(35)36/h5-24,27-28H,25-26H2,1-4H3/i5D,6D,7D,8D,9D,10D,11D,15D,16D,18D,19D,20D,21D. The molecule has 0 fully saturated rings. The van der Waals surface area contributed by atoms with E-state index in [1.807, 2.05) is 54.6 Å². The zero-order valence-electron chi connectivity index (χ0n) is 39.5. The minimum absolute atomic E-state index is 0.00640. The van der Waals surface area contributed by atoms with Crippen molar-refractivity contribution >= 4 is 53.1 Å². The molecule has 1 aromatic heterocycles. The number of hydrogen-bond donors (Lipinski definition) is 0. The third-order valence-corrected chi connectivity index (χ3v) is 11.3. The van der Waals surface area contributed by atoms with Crippen LogP contribution in [0.3, 0.4) is 0 Å². The van der Waals surface area contributed by atoms with E-state index in [0.29, 0.717) is 5.56 Å². The lowest BCUT2D eigenvalue weighted by Gasteiger charge is -2.42. The van der Waals surface area contributed by atoms with Gasteiger partial charge in [0.1, 0.15) is 0 Å². The third-order valence-electron chi connectivity index (χ3n) is 10.1. The number of hydrogen-bond acceptors (Lipinski definition) is 1. The molecule has 1 heterocycles. The van der Waals surface area contributed by atoms with Gasteiger partial charge in [0.2, 0.25) is 0 Å². The molecule has 47 heavy (non-hydrogen) atoms. The van der Waals surface area contributed by atoms with Crippen LogP contribution in [0.4, 0.5) is 0 Å². The Morgan fingerprint density at radius 1 is 0.511 bits per heavy atom. The first-order valence-electron chi connectivity index (χ1n) is 22.3. The van der Waals surface area contributed by atoms with E-state index in [4.69, 9.17) is 9.60 Å². The molecule has 0 atom stereocenters. The molecule has 9 rings (SSSR count). The maximum atomic E-state index is 9.67. The van der Waals surface area contributed by atoms with E-state index in [1.54, 1.807) is 0 Å². The van der Waals surface area contributed by atoms with E-state index in [9.17, 15) is 8.22 Å². The predicted molar refractivity (Wildman–Crippen MR) is 206 cm³/mol. The van der Waals surface area contributed by atoms with Crippen molar-refractivity contribution in [3.05, 3.63) is 144 Å². The molecule has 7 aromatic carbocycles. The van der Waals surface area contributed by atoms with E-state index in [1.165, 1.54) is 11.3 Å². The minimum atomic E-state index is -0.575. The lowest BCUT2D eigenvalue weighted by molar-refractivity contribution is 0.332. The molecular weight excluding hydrogens is 585 g/mol. The number of benzene rings is 7. The van der Waals surface area contributed by atoms with Gasteiger partial charge in [-0.2, -0.15) is 0 Å². The summed E-state index contributed by atoms with van der Waals surface area (Å²) in [6.07, 6.45) is 1.57. The second kappa shape index (κ2) is 10.4. The van der Waals surface area contributed by atoms with Crippen LogP contribution in [0.25, 0.3) is 75.1 Å². The summed E-state index contributed by atoms with van der Waals surface area (Å²) in [4.78, 5) is 0. The van der Waals surface area contributed by atoms with Gasteiger partial charge in [0.15, 0.2) is 0 Å². The third kappa shape index (κ3) is 4.33. The molecule has 1 heteroatoms. The highest BCUT2D eigenvalue weighted by Gasteiger charge is 2.38. The highest BCUT2D eigenvalue weighted by molar-refractivity contribution is 7.26. The molecule has 228 valence electrons. The van der Waals surface area contributed by atoms with Gasteiger partial charge in [0, 0.05) is 25.7 Å². The molecule has 0 radical (unpaired) electrons. The smallest absolute Gasteiger partial charge is 0.0629 e. The van der Waals surface area contributed by atoms with Crippen molar-refractivity contribution in [1.29, 1.82) is 0 Å². The second-order valence-electron chi connectivity index (χ2n) is 13.7. The molecule has 1 aliphatic rings. The average Bonchev–Trinajstić information content (AvgIpc) is 3.61. The normalized spacial score (nSPS) is 19.3. The van der Waals surface area contributed by atoms with Gasteiger partial charge in [0.25, 0.3) is 0 Å². The van der Waals surface area contributed by atoms with E-state index in [0.717, 1.165) is 44.1 Å². The zero-order valence-corrected chi connectivity index (χ0v) is 27.3. The van der Waals surface area contributed by atoms with E-state index in [2.05, 4.69) is 27.7 Å². The summed E-state index contributed by atoms with van der Waals surface area (Å²) in [5, 5.41) is 1.92. The molecule has 8 aromatic rings. The molecule has 0 nitrogen and oxygen atoms in total. The Morgan fingerprint density at radius 3 is 1.64 bits per heavy atom. The average molecular weight is 636 g/mol. The molecule has 0 N–H and O–H groups in total. The van der Waals surface area contributed by atoms with Crippen molar-refractivity contribution in [3.63, 3.8) is 0 Å². The van der Waals surface area contributed by atoms with Gasteiger partial charge in [-0.3, -0.25) is 0 Å². The number of rotatable bonds is 3. The van der Waals surface area contributed by atoms with Crippen LogP contribution in [0.2, 0.25) is 0 Å². The summed E-state index contributed by atoms with van der Waals surface area (Å²) in [6, 6.07) is 10.7. The van der Waals surface area contributed by atoms with Crippen molar-refractivity contribution in [1.82, 2.24) is 0 Å². The van der Waals surface area contributed by atoms with E-state index >= 15 is 0 Å². The summed E-state index contributed by atoms with van der Waals surface area (Å²) >= 11 is 1.48. The van der Waals surface area contributed by atoms with Gasteiger partial charge < -0.3 is 0 Å². The predicted octanol–water partition coefficient (Wildman–Crippen LogP) is 13.7. The van der Waals surface area contributed by atoms with Crippen LogP contribution in [0.5, 0.6) is 0 Å². The SMILES string of the molecule is [2H]c1c([2H])c([2H])c(-c2cc3c(cc2-c2c4c([2H])c([2H])c([2H])c([2H])c4c(-c4cccc5c4sc4ccccc45)c4c([2H])c([2H])c([2H])c([2H])c24)C(C)(C)CCC3(C)C)c([2H])c1[2H]. The summed E-state index contributed by atoms with van der Waals surface area (Å²) in [5.74, 6) is 0. The highest BCUT2D eigenvalue weighted by atomic mass is 32.1. The number of thiophene rings is 1. The molecule has 0 saturated heterocycles. The fraction of sp³-hybridized carbons (Fsp3) is 0.174. The van der Waals surface area contributed by atoms with Gasteiger partial charge in [-0.25, -0.2) is 0 Å². The first-order valence-corrected chi connectivity index (χ1v) is 16.7. The van der Waals surface area contributed by atoms with Gasteiger partial charge in [-0.1, -0.05) is 143 Å². The summed E-state index contributed by atoms with van der Waals surface area (Å²) in [7, 11) is 0. The van der Waals surface area contributed by atoms with Crippen molar-refractivity contribution < 1.29 is 17.8 Å². The Labute approximate surface area is 299 Å². The molecule has 0 bridgehead atoms. The fourth-order valence-corrected chi connectivity index (χ4v) is 8.74. The lowest BCUT2D eigenvalue weighted by Crippen LogP contribution is -2.34. The summed E-state index contributed by atoms with van der Waals surface area (Å²) in [6.45, 7) is 8.37. The summed E-state index contributed by atoms with van der Waals surface area (Å²) < 4.78 is 121. The summed E-state index contributed by atoms with van der Waals surface area (Å²) in [5.41, 5.74) is 2.02. The topological polar surface area (TPSA) is 0 Å². The van der Waals surface area contributed by atoms with Crippen LogP contribution < -0.4 is 0 Å². The first kappa shape index (κ1) is 18.0. The quantitative estimate of drug-likeness (QED) is 0.169. The number of fused-ring (bicyclic) bond motifs is 6. The molecule has 0 amide bonds. The molecule has 0 saturated carbocycles. The molecule has 0 unspecified atom stereocenters. The van der Waals surface area contributed by atoms with Crippen molar-refractivity contribution in [2.75, 3.05) is 0 Å². The highest BCUT2D eigenvalue weighted by Crippen LogP contribution is 2.53. The zero-order chi connectivity index (χ0) is 43.2. The maximum absolute atomic E-state index is 9.67. The minimum Gasteiger partial charge on any atom is -0.135 e. The van der Waals surface area contributed by atoms with Crippen LogP contribution >= 0.6 is 11.3 Å². The van der Waals surface area contributed by atoms with E-state index < -0.39 is 89.4 Å². The Balaban J connectivity index is 1.62. The lowest BCUT2D eigenvalue weighted by atomic mass is 9.62. The van der Waals surface area contributed by atoms with Crippen molar-refractivity contribution in [3.8, 4) is 33.4 Å². The van der Waals surface area contributed by atoms with Crippen LogP contribution in [0.1, 0.15) is 69.5 Å². The van der Waals surface area contributed by atoms with Crippen LogP contribution in [0.15, 0.2) is 133 Å². The van der Waals surface area contributed by atoms with Gasteiger partial charge in [0.05, 0.1) is 17.8 Å². The van der Waals surface area contributed by atoms with Crippen LogP contribution in [0, 0.1) is 0 Å². The fourth-order valence-electron chi connectivity index (χ4n) is 7.52. The Hall–Kier alpha value is -4.72. The van der Waals surface area contributed by atoms with Crippen molar-refractivity contribution in [2.45, 2.75) is 51.4 Å². The van der Waals surface area contributed by atoms with Gasteiger partial charge >= 0.3 is 0 Å². The van der Waals surface area contributed by atoms with Gasteiger partial charge in [-0.15, -0.1) is 11.3 Å². The van der Waals surface area contributed by atoms with Crippen molar-refractivity contribution in [2.24, 2.45) is 0 Å². The van der Waals surface area contributed by atoms with E-state index in [-0.39, 0.29) is 49.4 Å². The largest absolute Gasteiger partial charge is 0.135 e. The van der Waals surface area contributed by atoms with Gasteiger partial charge in [-0.05, 0) is 102 Å². The van der Waals surface area contributed by atoms with Crippen LogP contribution in [-0.4, -0.2) is 0 Å². The van der Waals surface area contributed by atoms with Crippen LogP contribution in [-0.2, 0) is 10.8 Å². The molecule has 0 spiro atoms. The molecule has 0 aliphatic heterocycles. The molecular formula is C46H38S. The Morgan fingerprint density at radius 2 is 1.02 bits per heavy atom. The first-order chi connectivity index (χ1) is 28.2. The monoisotopic (exact) mass is 635 g/mol. The Kier molecular flexibility index (Phi) is 3.98. The molecule has 1 aliphatic carbocycles. The maximum Gasteiger partial charge on any atom is 0.0629 e. The second-order valence-corrected chi connectivity index (χ2v) is 14.8. The Bertz CT molecular complexity index is 3140.